The highest BCUT2D eigenvalue weighted by atomic mass is 16.5. The molecule has 2 unspecified atom stereocenters. The van der Waals surface area contributed by atoms with Crippen molar-refractivity contribution in [3.05, 3.63) is 0 Å². The monoisotopic (exact) mass is 258 g/mol. The first kappa shape index (κ1) is 14.4. The second kappa shape index (κ2) is 6.34. The van der Waals surface area contributed by atoms with Crippen molar-refractivity contribution in [2.45, 2.75) is 6.92 Å². The minimum absolute atomic E-state index is 0.0624. The number of rotatable bonds is 3. The average molecular weight is 258 g/mol. The molecule has 1 N–H and O–H groups in total. The van der Waals surface area contributed by atoms with Crippen LogP contribution in [0, 0.1) is 11.8 Å². The molecule has 1 saturated heterocycles. The van der Waals surface area contributed by atoms with Gasteiger partial charge in [-0.2, -0.15) is 0 Å². The maximum Gasteiger partial charge on any atom is 0.413 e. The molecule has 0 aromatic heterocycles. The third kappa shape index (κ3) is 3.69. The smallest absolute Gasteiger partial charge is 0.413 e. The second-order valence-electron chi connectivity index (χ2n) is 4.34. The van der Waals surface area contributed by atoms with E-state index < -0.39 is 12.0 Å². The minimum Gasteiger partial charge on any atom is -0.469 e. The molecule has 1 fully saturated rings. The van der Waals surface area contributed by atoms with Crippen LogP contribution in [0.2, 0.25) is 0 Å². The molecule has 7 nitrogen and oxygen atoms in total. The van der Waals surface area contributed by atoms with Crippen molar-refractivity contribution in [1.82, 2.24) is 10.2 Å². The summed E-state index contributed by atoms with van der Waals surface area (Å²) in [5, 5.41) is 2.07. The van der Waals surface area contributed by atoms with Gasteiger partial charge in [0.25, 0.3) is 0 Å². The van der Waals surface area contributed by atoms with Gasteiger partial charge in [0.05, 0.1) is 26.7 Å². The number of carbonyl (C=O) groups is 3. The summed E-state index contributed by atoms with van der Waals surface area (Å²) in [5.41, 5.74) is 0. The van der Waals surface area contributed by atoms with Crippen LogP contribution < -0.4 is 5.32 Å². The number of hydrogen-bond acceptors (Lipinski definition) is 6. The lowest BCUT2D eigenvalue weighted by Gasteiger charge is -2.14. The molecule has 102 valence electrons. The summed E-state index contributed by atoms with van der Waals surface area (Å²) in [4.78, 5) is 35.6. The minimum atomic E-state index is -0.781. The summed E-state index contributed by atoms with van der Waals surface area (Å²) in [5.74, 6) is -0.803. The molecule has 1 heterocycles. The van der Waals surface area contributed by atoms with Gasteiger partial charge in [0, 0.05) is 13.1 Å². The maximum atomic E-state index is 11.5. The highest BCUT2D eigenvalue weighted by molar-refractivity contribution is 5.92. The summed E-state index contributed by atoms with van der Waals surface area (Å²) in [6.45, 7) is 3.07. The number of imide groups is 1. The van der Waals surface area contributed by atoms with Crippen molar-refractivity contribution in [3.8, 4) is 0 Å². The number of esters is 1. The Bertz CT molecular complexity index is 344. The largest absolute Gasteiger partial charge is 0.469 e. The molecule has 0 saturated carbocycles. The molecule has 1 aliphatic rings. The van der Waals surface area contributed by atoms with Gasteiger partial charge in [-0.25, -0.2) is 4.79 Å². The number of carbonyl (C=O) groups excluding carboxylic acids is 3. The van der Waals surface area contributed by atoms with Crippen molar-refractivity contribution in [1.29, 1.82) is 0 Å². The van der Waals surface area contributed by atoms with E-state index in [2.05, 4.69) is 10.1 Å². The molecule has 7 heteroatoms. The van der Waals surface area contributed by atoms with E-state index >= 15 is 0 Å². The Morgan fingerprint density at radius 2 is 1.89 bits per heavy atom. The fourth-order valence-electron chi connectivity index (χ4n) is 2.06. The van der Waals surface area contributed by atoms with Crippen LogP contribution in [0.3, 0.4) is 0 Å². The summed E-state index contributed by atoms with van der Waals surface area (Å²) in [7, 11) is 2.54. The van der Waals surface area contributed by atoms with E-state index in [0.29, 0.717) is 13.1 Å². The van der Waals surface area contributed by atoms with Gasteiger partial charge < -0.3 is 9.47 Å². The molecular weight excluding hydrogens is 240 g/mol. The van der Waals surface area contributed by atoms with E-state index in [1.165, 1.54) is 14.2 Å². The number of nitrogens with zero attached hydrogens (tertiary/aromatic N) is 1. The fraction of sp³-hybridized carbons (Fsp3) is 0.727. The highest BCUT2D eigenvalue weighted by Gasteiger charge is 2.36. The Balaban J connectivity index is 2.44. The number of methoxy groups -OCH3 is 2. The number of ether oxygens (including phenoxy) is 2. The van der Waals surface area contributed by atoms with Gasteiger partial charge in [-0.15, -0.1) is 0 Å². The number of amides is 2. The van der Waals surface area contributed by atoms with Crippen LogP contribution in [0.15, 0.2) is 0 Å². The predicted octanol–water partition coefficient (Wildman–Crippen LogP) is -0.390. The lowest BCUT2D eigenvalue weighted by Crippen LogP contribution is -2.39. The lowest BCUT2D eigenvalue weighted by molar-refractivity contribution is -0.146. The maximum absolute atomic E-state index is 11.5. The number of likely N-dealkylation sites (tertiary alicyclic amines) is 1. The zero-order chi connectivity index (χ0) is 13.7. The predicted molar refractivity (Wildman–Crippen MR) is 61.7 cm³/mol. The Morgan fingerprint density at radius 3 is 2.44 bits per heavy atom. The summed E-state index contributed by atoms with van der Waals surface area (Å²) < 4.78 is 9.02. The van der Waals surface area contributed by atoms with Crippen LogP contribution in [-0.2, 0) is 19.1 Å². The van der Waals surface area contributed by atoms with E-state index in [-0.39, 0.29) is 24.3 Å². The van der Waals surface area contributed by atoms with Crippen molar-refractivity contribution >= 4 is 18.0 Å². The van der Waals surface area contributed by atoms with Crippen LogP contribution in [-0.4, -0.2) is 56.7 Å². The normalized spacial score (nSPS) is 23.5. The van der Waals surface area contributed by atoms with Crippen LogP contribution in [0.5, 0.6) is 0 Å². The first-order valence-corrected chi connectivity index (χ1v) is 5.66. The van der Waals surface area contributed by atoms with E-state index in [0.717, 1.165) is 0 Å². The Hall–Kier alpha value is -1.63. The van der Waals surface area contributed by atoms with Gasteiger partial charge in [-0.1, -0.05) is 6.92 Å². The van der Waals surface area contributed by atoms with Gasteiger partial charge in [0.2, 0.25) is 5.91 Å². The summed E-state index contributed by atoms with van der Waals surface area (Å²) >= 11 is 0. The summed E-state index contributed by atoms with van der Waals surface area (Å²) in [6, 6.07) is 0. The summed E-state index contributed by atoms with van der Waals surface area (Å²) in [6.07, 6.45) is -0.781. The van der Waals surface area contributed by atoms with Crippen LogP contribution in [0.1, 0.15) is 6.92 Å². The molecule has 0 spiro atoms. The van der Waals surface area contributed by atoms with Crippen molar-refractivity contribution in [3.63, 3.8) is 0 Å². The third-order valence-electron chi connectivity index (χ3n) is 2.99. The van der Waals surface area contributed by atoms with Crippen molar-refractivity contribution in [2.75, 3.05) is 33.9 Å². The molecule has 1 rings (SSSR count). The molecule has 18 heavy (non-hydrogen) atoms. The van der Waals surface area contributed by atoms with E-state index in [4.69, 9.17) is 4.74 Å². The van der Waals surface area contributed by atoms with Crippen LogP contribution in [0.25, 0.3) is 0 Å². The lowest BCUT2D eigenvalue weighted by atomic mass is 9.99. The first-order valence-electron chi connectivity index (χ1n) is 5.66. The van der Waals surface area contributed by atoms with Gasteiger partial charge in [-0.05, 0) is 5.92 Å². The van der Waals surface area contributed by atoms with Gasteiger partial charge in [0.15, 0.2) is 0 Å². The number of hydrogen-bond donors (Lipinski definition) is 1. The van der Waals surface area contributed by atoms with Crippen molar-refractivity contribution in [2.24, 2.45) is 11.8 Å². The molecule has 1 aliphatic heterocycles. The van der Waals surface area contributed by atoms with Crippen LogP contribution >= 0.6 is 0 Å². The van der Waals surface area contributed by atoms with Gasteiger partial charge >= 0.3 is 12.1 Å². The molecule has 2 amide bonds. The Kier molecular flexibility index (Phi) is 5.08. The van der Waals surface area contributed by atoms with Crippen LogP contribution in [0.4, 0.5) is 4.79 Å². The quantitative estimate of drug-likeness (QED) is 0.694. The average Bonchev–Trinajstić information content (AvgIpc) is 2.68. The van der Waals surface area contributed by atoms with Crippen molar-refractivity contribution < 1.29 is 23.9 Å². The number of nitrogens with one attached hydrogen (secondary N) is 1. The molecule has 0 bridgehead atoms. The molecule has 0 radical (unpaired) electrons. The second-order valence-corrected chi connectivity index (χ2v) is 4.34. The Labute approximate surface area is 105 Å². The molecular formula is C11H18N2O5. The number of alkyl carbamates (subject to hydrolysis) is 1. The van der Waals surface area contributed by atoms with Gasteiger partial charge in [-0.3, -0.25) is 19.8 Å². The molecule has 0 aromatic rings. The van der Waals surface area contributed by atoms with E-state index in [1.54, 1.807) is 0 Å². The SMILES string of the molecule is COC(=O)NC(=O)CN1CC(C)C(C(=O)OC)C1. The standard InChI is InChI=1S/C11H18N2O5/c1-7-4-13(5-8(7)10(15)17-2)6-9(14)12-11(16)18-3/h7-8H,4-6H2,1-3H3,(H,12,14,16). The Morgan fingerprint density at radius 1 is 1.22 bits per heavy atom. The zero-order valence-corrected chi connectivity index (χ0v) is 10.8. The third-order valence-corrected chi connectivity index (χ3v) is 2.99. The van der Waals surface area contributed by atoms with E-state index in [9.17, 15) is 14.4 Å². The highest BCUT2D eigenvalue weighted by Crippen LogP contribution is 2.23. The zero-order valence-electron chi connectivity index (χ0n) is 10.8. The first-order chi connectivity index (χ1) is 8.47. The molecule has 2 atom stereocenters. The van der Waals surface area contributed by atoms with Gasteiger partial charge in [0.1, 0.15) is 0 Å². The topological polar surface area (TPSA) is 84.9 Å². The molecule has 0 aromatic carbocycles. The molecule has 0 aliphatic carbocycles. The van der Waals surface area contributed by atoms with E-state index in [1.807, 2.05) is 11.8 Å². The fourth-order valence-corrected chi connectivity index (χ4v) is 2.06.